The summed E-state index contributed by atoms with van der Waals surface area (Å²) in [5, 5.41) is 18.4. The van der Waals surface area contributed by atoms with Crippen LogP contribution in [-0.4, -0.2) is 69.3 Å². The fourth-order valence-electron chi connectivity index (χ4n) is 3.35. The van der Waals surface area contributed by atoms with Crippen molar-refractivity contribution in [3.8, 4) is 0 Å². The normalized spacial score (nSPS) is 27.0. The SMILES string of the molecule is O=C(c1cccnn1)N1CCCC(O)(CN2CCCC2)C1. The monoisotopic (exact) mass is 290 g/mol. The first-order valence-electron chi connectivity index (χ1n) is 7.68. The Kier molecular flexibility index (Phi) is 4.17. The molecule has 6 heteroatoms. The van der Waals surface area contributed by atoms with E-state index >= 15 is 0 Å². The second kappa shape index (κ2) is 6.07. The summed E-state index contributed by atoms with van der Waals surface area (Å²) < 4.78 is 0. The van der Waals surface area contributed by atoms with Crippen LogP contribution in [0.25, 0.3) is 0 Å². The Labute approximate surface area is 124 Å². The molecule has 2 aliphatic heterocycles. The summed E-state index contributed by atoms with van der Waals surface area (Å²) >= 11 is 0. The fourth-order valence-corrected chi connectivity index (χ4v) is 3.35. The number of nitrogens with zero attached hydrogens (tertiary/aromatic N) is 4. The number of likely N-dealkylation sites (tertiary alicyclic amines) is 2. The maximum atomic E-state index is 12.4. The predicted molar refractivity (Wildman–Crippen MR) is 77.8 cm³/mol. The maximum Gasteiger partial charge on any atom is 0.274 e. The molecule has 0 aromatic carbocycles. The molecule has 1 atom stereocenters. The highest BCUT2D eigenvalue weighted by Crippen LogP contribution is 2.24. The number of amides is 1. The lowest BCUT2D eigenvalue weighted by Crippen LogP contribution is -2.55. The van der Waals surface area contributed by atoms with Crippen LogP contribution in [0, 0.1) is 0 Å². The average Bonchev–Trinajstić information content (AvgIpc) is 2.99. The third-order valence-corrected chi connectivity index (χ3v) is 4.35. The van der Waals surface area contributed by atoms with Gasteiger partial charge >= 0.3 is 0 Å². The second-order valence-corrected chi connectivity index (χ2v) is 6.15. The van der Waals surface area contributed by atoms with Gasteiger partial charge in [-0.25, -0.2) is 0 Å². The predicted octanol–water partition coefficient (Wildman–Crippen LogP) is 0.539. The zero-order valence-electron chi connectivity index (χ0n) is 12.2. The topological polar surface area (TPSA) is 69.6 Å². The van der Waals surface area contributed by atoms with Crippen molar-refractivity contribution in [2.75, 3.05) is 32.7 Å². The van der Waals surface area contributed by atoms with Gasteiger partial charge in [0.05, 0.1) is 12.1 Å². The molecule has 1 aromatic rings. The number of β-amino-alcohol motifs (C(OH)–C–C–N with tert-alkyl or cyclic N) is 1. The first kappa shape index (κ1) is 14.4. The smallest absolute Gasteiger partial charge is 0.274 e. The number of hydrogen-bond acceptors (Lipinski definition) is 5. The molecule has 114 valence electrons. The highest BCUT2D eigenvalue weighted by atomic mass is 16.3. The Morgan fingerprint density at radius 2 is 2.10 bits per heavy atom. The number of carbonyl (C=O) groups excluding carboxylic acids is 1. The van der Waals surface area contributed by atoms with Gasteiger partial charge in [0.2, 0.25) is 0 Å². The van der Waals surface area contributed by atoms with E-state index in [0.29, 0.717) is 25.3 Å². The molecule has 2 saturated heterocycles. The van der Waals surface area contributed by atoms with Gasteiger partial charge in [-0.3, -0.25) is 4.79 Å². The van der Waals surface area contributed by atoms with Crippen LogP contribution in [0.2, 0.25) is 0 Å². The molecule has 2 aliphatic rings. The van der Waals surface area contributed by atoms with Crippen molar-refractivity contribution in [3.63, 3.8) is 0 Å². The van der Waals surface area contributed by atoms with Crippen molar-refractivity contribution in [3.05, 3.63) is 24.0 Å². The Morgan fingerprint density at radius 3 is 2.81 bits per heavy atom. The van der Waals surface area contributed by atoms with E-state index in [1.807, 2.05) is 0 Å². The highest BCUT2D eigenvalue weighted by molar-refractivity contribution is 5.92. The summed E-state index contributed by atoms with van der Waals surface area (Å²) in [6.07, 6.45) is 5.55. The largest absolute Gasteiger partial charge is 0.387 e. The molecule has 3 heterocycles. The first-order valence-corrected chi connectivity index (χ1v) is 7.68. The van der Waals surface area contributed by atoms with E-state index in [4.69, 9.17) is 0 Å². The van der Waals surface area contributed by atoms with E-state index in [1.54, 1.807) is 23.2 Å². The average molecular weight is 290 g/mol. The Morgan fingerprint density at radius 1 is 1.29 bits per heavy atom. The molecule has 0 spiro atoms. The lowest BCUT2D eigenvalue weighted by Gasteiger charge is -2.41. The number of aliphatic hydroxyl groups is 1. The highest BCUT2D eigenvalue weighted by Gasteiger charge is 2.37. The van der Waals surface area contributed by atoms with Gasteiger partial charge in [0.15, 0.2) is 5.69 Å². The van der Waals surface area contributed by atoms with Crippen molar-refractivity contribution in [1.82, 2.24) is 20.0 Å². The third kappa shape index (κ3) is 3.39. The van der Waals surface area contributed by atoms with Crippen LogP contribution in [-0.2, 0) is 0 Å². The molecule has 2 fully saturated rings. The van der Waals surface area contributed by atoms with Gasteiger partial charge < -0.3 is 14.9 Å². The molecule has 0 radical (unpaired) electrons. The molecular weight excluding hydrogens is 268 g/mol. The second-order valence-electron chi connectivity index (χ2n) is 6.15. The van der Waals surface area contributed by atoms with Gasteiger partial charge in [-0.15, -0.1) is 5.10 Å². The summed E-state index contributed by atoms with van der Waals surface area (Å²) in [5.74, 6) is -0.136. The minimum Gasteiger partial charge on any atom is -0.387 e. The summed E-state index contributed by atoms with van der Waals surface area (Å²) in [5.41, 5.74) is -0.441. The van der Waals surface area contributed by atoms with Gasteiger partial charge in [-0.05, 0) is 50.9 Å². The van der Waals surface area contributed by atoms with Crippen LogP contribution in [0.15, 0.2) is 18.3 Å². The Bertz CT molecular complexity index is 490. The van der Waals surface area contributed by atoms with Crippen molar-refractivity contribution >= 4 is 5.91 Å². The lowest BCUT2D eigenvalue weighted by atomic mass is 9.92. The van der Waals surface area contributed by atoms with Crippen molar-refractivity contribution in [2.24, 2.45) is 0 Å². The Balaban J connectivity index is 1.66. The van der Waals surface area contributed by atoms with Crippen molar-refractivity contribution in [1.29, 1.82) is 0 Å². The Hall–Kier alpha value is -1.53. The van der Waals surface area contributed by atoms with Gasteiger partial charge in [0.25, 0.3) is 5.91 Å². The molecule has 6 nitrogen and oxygen atoms in total. The fraction of sp³-hybridized carbons (Fsp3) is 0.667. The molecule has 0 aliphatic carbocycles. The molecule has 0 bridgehead atoms. The zero-order chi connectivity index (χ0) is 14.7. The standard InChI is InChI=1S/C15H22N4O2/c20-14(13-5-3-7-16-17-13)19-10-4-6-15(21,12-19)11-18-8-1-2-9-18/h3,5,7,21H,1-2,4,6,8-12H2. The number of rotatable bonds is 3. The van der Waals surface area contributed by atoms with E-state index in [2.05, 4.69) is 15.1 Å². The molecule has 1 aromatic heterocycles. The minimum absolute atomic E-state index is 0.136. The van der Waals surface area contributed by atoms with Crippen LogP contribution in [0.5, 0.6) is 0 Å². The minimum atomic E-state index is -0.791. The van der Waals surface area contributed by atoms with E-state index in [1.165, 1.54) is 12.8 Å². The lowest BCUT2D eigenvalue weighted by molar-refractivity contribution is -0.0432. The van der Waals surface area contributed by atoms with Crippen LogP contribution in [0.3, 0.4) is 0 Å². The van der Waals surface area contributed by atoms with Crippen LogP contribution in [0.4, 0.5) is 0 Å². The van der Waals surface area contributed by atoms with Gasteiger partial charge in [-0.1, -0.05) is 0 Å². The summed E-state index contributed by atoms with van der Waals surface area (Å²) in [7, 11) is 0. The molecule has 0 saturated carbocycles. The molecule has 3 rings (SSSR count). The van der Waals surface area contributed by atoms with Gasteiger partial charge in [0, 0.05) is 19.3 Å². The molecule has 1 unspecified atom stereocenters. The number of hydrogen-bond donors (Lipinski definition) is 1. The number of piperidine rings is 1. The summed E-state index contributed by atoms with van der Waals surface area (Å²) in [6.45, 7) is 3.84. The zero-order valence-corrected chi connectivity index (χ0v) is 12.2. The van der Waals surface area contributed by atoms with Crippen LogP contribution >= 0.6 is 0 Å². The maximum absolute atomic E-state index is 12.4. The van der Waals surface area contributed by atoms with Crippen LogP contribution in [0.1, 0.15) is 36.2 Å². The molecule has 1 N–H and O–H groups in total. The van der Waals surface area contributed by atoms with E-state index in [9.17, 15) is 9.90 Å². The van der Waals surface area contributed by atoms with Crippen molar-refractivity contribution < 1.29 is 9.90 Å². The number of carbonyl (C=O) groups is 1. The number of aromatic nitrogens is 2. The van der Waals surface area contributed by atoms with Gasteiger partial charge in [0.1, 0.15) is 0 Å². The van der Waals surface area contributed by atoms with E-state index < -0.39 is 5.60 Å². The van der Waals surface area contributed by atoms with Crippen molar-refractivity contribution in [2.45, 2.75) is 31.3 Å². The van der Waals surface area contributed by atoms with Gasteiger partial charge in [-0.2, -0.15) is 5.10 Å². The molecular formula is C15H22N4O2. The molecule has 1 amide bonds. The molecule has 21 heavy (non-hydrogen) atoms. The summed E-state index contributed by atoms with van der Waals surface area (Å²) in [4.78, 5) is 16.4. The quantitative estimate of drug-likeness (QED) is 0.880. The van der Waals surface area contributed by atoms with E-state index in [0.717, 1.165) is 25.9 Å². The van der Waals surface area contributed by atoms with Crippen LogP contribution < -0.4 is 0 Å². The third-order valence-electron chi connectivity index (χ3n) is 4.35. The summed E-state index contributed by atoms with van der Waals surface area (Å²) in [6, 6.07) is 3.38. The first-order chi connectivity index (χ1) is 10.2. The van der Waals surface area contributed by atoms with E-state index in [-0.39, 0.29) is 5.91 Å².